The van der Waals surface area contributed by atoms with E-state index in [4.69, 9.17) is 50.8 Å². The van der Waals surface area contributed by atoms with Crippen molar-refractivity contribution in [2.45, 2.75) is 0 Å². The molecule has 0 unspecified atom stereocenters. The van der Waals surface area contributed by atoms with Crippen LogP contribution in [0.2, 0.25) is 15.1 Å². The van der Waals surface area contributed by atoms with Crippen molar-refractivity contribution in [3.8, 4) is 11.3 Å². The molecule has 98 valence electrons. The molecule has 1 heterocycles. The van der Waals surface area contributed by atoms with Crippen LogP contribution in [-0.4, -0.2) is 5.24 Å². The molecular formula is C13H6Cl4O2. The minimum Gasteiger partial charge on any atom is -0.457 e. The van der Waals surface area contributed by atoms with E-state index in [-0.39, 0.29) is 0 Å². The third kappa shape index (κ3) is 3.54. The standard InChI is InChI=1S/C13H6Cl4O2/c14-9-6-11(16)10(15)5-8(9)12-3-1-7(19-12)2-4-13(17)18/h1-6H/b4-2+. The van der Waals surface area contributed by atoms with Crippen LogP contribution in [0.25, 0.3) is 17.4 Å². The number of hydrogen-bond acceptors (Lipinski definition) is 2. The Kier molecular flexibility index (Phi) is 4.58. The molecule has 2 nitrogen and oxygen atoms in total. The average molecular weight is 336 g/mol. The zero-order valence-electron chi connectivity index (χ0n) is 9.29. The molecule has 0 aliphatic carbocycles. The lowest BCUT2D eigenvalue weighted by molar-refractivity contribution is -0.107. The first-order valence-corrected chi connectivity index (χ1v) is 6.61. The highest BCUT2D eigenvalue weighted by Gasteiger charge is 2.11. The van der Waals surface area contributed by atoms with Crippen LogP contribution in [0, 0.1) is 0 Å². The summed E-state index contributed by atoms with van der Waals surface area (Å²) in [6.45, 7) is 0. The van der Waals surface area contributed by atoms with E-state index < -0.39 is 5.24 Å². The quantitative estimate of drug-likeness (QED) is 0.410. The monoisotopic (exact) mass is 334 g/mol. The molecule has 0 N–H and O–H groups in total. The van der Waals surface area contributed by atoms with Crippen LogP contribution in [0.3, 0.4) is 0 Å². The molecular weight excluding hydrogens is 330 g/mol. The predicted molar refractivity (Wildman–Crippen MR) is 79.1 cm³/mol. The van der Waals surface area contributed by atoms with Crippen molar-refractivity contribution in [1.29, 1.82) is 0 Å². The summed E-state index contributed by atoms with van der Waals surface area (Å²) in [6.07, 6.45) is 2.66. The van der Waals surface area contributed by atoms with Crippen LogP contribution in [-0.2, 0) is 4.79 Å². The first-order valence-electron chi connectivity index (χ1n) is 5.09. The topological polar surface area (TPSA) is 30.2 Å². The Bertz CT molecular complexity index is 659. The minimum atomic E-state index is -0.578. The summed E-state index contributed by atoms with van der Waals surface area (Å²) in [6, 6.07) is 6.56. The molecule has 0 radical (unpaired) electrons. The van der Waals surface area contributed by atoms with E-state index in [1.165, 1.54) is 12.2 Å². The first kappa shape index (κ1) is 14.5. The second-order valence-corrected chi connectivity index (χ2v) is 5.18. The Morgan fingerprint density at radius 2 is 1.74 bits per heavy atom. The third-order valence-electron chi connectivity index (χ3n) is 2.28. The Labute approximate surface area is 129 Å². The van der Waals surface area contributed by atoms with Crippen LogP contribution < -0.4 is 0 Å². The number of benzene rings is 1. The highest BCUT2D eigenvalue weighted by atomic mass is 35.5. The molecule has 6 heteroatoms. The van der Waals surface area contributed by atoms with E-state index >= 15 is 0 Å². The van der Waals surface area contributed by atoms with Gasteiger partial charge < -0.3 is 4.42 Å². The number of rotatable bonds is 3. The second kappa shape index (κ2) is 6.02. The molecule has 1 aromatic carbocycles. The maximum Gasteiger partial charge on any atom is 0.245 e. The molecule has 0 spiro atoms. The number of carbonyl (C=O) groups is 1. The van der Waals surface area contributed by atoms with Gasteiger partial charge in [-0.15, -0.1) is 0 Å². The van der Waals surface area contributed by atoms with Crippen LogP contribution in [0.1, 0.15) is 5.76 Å². The maximum absolute atomic E-state index is 10.6. The molecule has 0 saturated heterocycles. The molecule has 0 fully saturated rings. The molecule has 0 aliphatic rings. The molecule has 1 aromatic heterocycles. The van der Waals surface area contributed by atoms with Gasteiger partial charge in [0.1, 0.15) is 11.5 Å². The number of carbonyl (C=O) groups excluding carboxylic acids is 1. The summed E-state index contributed by atoms with van der Waals surface area (Å²) in [5.74, 6) is 0.997. The van der Waals surface area contributed by atoms with Crippen LogP contribution >= 0.6 is 46.4 Å². The summed E-state index contributed by atoms with van der Waals surface area (Å²) in [4.78, 5) is 10.6. The average Bonchev–Trinajstić information content (AvgIpc) is 2.80. The number of hydrogen-bond donors (Lipinski definition) is 0. The molecule has 0 aliphatic heterocycles. The van der Waals surface area contributed by atoms with Gasteiger partial charge in [-0.1, -0.05) is 34.8 Å². The Morgan fingerprint density at radius 3 is 2.42 bits per heavy atom. The summed E-state index contributed by atoms with van der Waals surface area (Å²) in [5, 5.41) is 0.596. The van der Waals surface area contributed by atoms with E-state index in [9.17, 15) is 4.79 Å². The minimum absolute atomic E-state index is 0.370. The highest BCUT2D eigenvalue weighted by molar-refractivity contribution is 6.66. The summed E-state index contributed by atoms with van der Waals surface area (Å²) in [5.41, 5.74) is 0.618. The molecule has 0 amide bonds. The van der Waals surface area contributed by atoms with Crippen molar-refractivity contribution >= 4 is 57.7 Å². The van der Waals surface area contributed by atoms with Gasteiger partial charge in [0, 0.05) is 11.6 Å². The normalized spacial score (nSPS) is 11.2. The van der Waals surface area contributed by atoms with E-state index in [1.54, 1.807) is 24.3 Å². The Balaban J connectivity index is 2.38. The number of allylic oxidation sites excluding steroid dienone is 1. The number of furan rings is 1. The van der Waals surface area contributed by atoms with Gasteiger partial charge in [-0.3, -0.25) is 4.79 Å². The second-order valence-electron chi connectivity index (χ2n) is 3.59. The largest absolute Gasteiger partial charge is 0.457 e. The number of halogens is 4. The van der Waals surface area contributed by atoms with Crippen LogP contribution in [0.5, 0.6) is 0 Å². The van der Waals surface area contributed by atoms with Crippen molar-refractivity contribution in [3.05, 3.63) is 51.2 Å². The molecule has 2 aromatic rings. The van der Waals surface area contributed by atoms with Crippen molar-refractivity contribution < 1.29 is 9.21 Å². The van der Waals surface area contributed by atoms with Crippen LogP contribution in [0.15, 0.2) is 34.8 Å². The smallest absolute Gasteiger partial charge is 0.245 e. The van der Waals surface area contributed by atoms with Gasteiger partial charge in [-0.25, -0.2) is 0 Å². The van der Waals surface area contributed by atoms with Gasteiger partial charge in [-0.05, 0) is 41.9 Å². The molecule has 19 heavy (non-hydrogen) atoms. The highest BCUT2D eigenvalue weighted by Crippen LogP contribution is 2.36. The van der Waals surface area contributed by atoms with E-state index in [0.717, 1.165) is 0 Å². The lowest BCUT2D eigenvalue weighted by Gasteiger charge is -2.03. The fourth-order valence-corrected chi connectivity index (χ4v) is 2.15. The third-order valence-corrected chi connectivity index (χ3v) is 3.44. The molecule has 0 saturated carbocycles. The fourth-order valence-electron chi connectivity index (χ4n) is 1.45. The van der Waals surface area contributed by atoms with Crippen molar-refractivity contribution in [3.63, 3.8) is 0 Å². The van der Waals surface area contributed by atoms with E-state index in [0.29, 0.717) is 32.2 Å². The Hall–Kier alpha value is -0.930. The maximum atomic E-state index is 10.6. The van der Waals surface area contributed by atoms with Gasteiger partial charge >= 0.3 is 0 Å². The van der Waals surface area contributed by atoms with Gasteiger partial charge in [0.05, 0.1) is 15.1 Å². The van der Waals surface area contributed by atoms with E-state index in [2.05, 4.69) is 0 Å². The lowest BCUT2D eigenvalue weighted by atomic mass is 10.2. The summed E-state index contributed by atoms with van der Waals surface area (Å²) < 4.78 is 5.51. The summed E-state index contributed by atoms with van der Waals surface area (Å²) in [7, 11) is 0. The fraction of sp³-hybridized carbons (Fsp3) is 0. The molecule has 0 bridgehead atoms. The first-order chi connectivity index (χ1) is 8.97. The van der Waals surface area contributed by atoms with Crippen molar-refractivity contribution in [2.24, 2.45) is 0 Å². The van der Waals surface area contributed by atoms with E-state index in [1.807, 2.05) is 0 Å². The van der Waals surface area contributed by atoms with Crippen molar-refractivity contribution in [1.82, 2.24) is 0 Å². The molecule has 2 rings (SSSR count). The van der Waals surface area contributed by atoms with Crippen molar-refractivity contribution in [2.75, 3.05) is 0 Å². The zero-order chi connectivity index (χ0) is 14.0. The van der Waals surface area contributed by atoms with Gasteiger partial charge in [-0.2, -0.15) is 0 Å². The lowest BCUT2D eigenvalue weighted by Crippen LogP contribution is -1.78. The SMILES string of the molecule is O=C(Cl)/C=C/c1ccc(-c2cc(Cl)c(Cl)cc2Cl)o1. The molecule has 0 atom stereocenters. The zero-order valence-corrected chi connectivity index (χ0v) is 12.3. The predicted octanol–water partition coefficient (Wildman–Crippen LogP) is 5.69. The van der Waals surface area contributed by atoms with Gasteiger partial charge in [0.25, 0.3) is 0 Å². The van der Waals surface area contributed by atoms with Gasteiger partial charge in [0.2, 0.25) is 5.24 Å². The Morgan fingerprint density at radius 1 is 1.05 bits per heavy atom. The summed E-state index contributed by atoms with van der Waals surface area (Å²) >= 11 is 23.1. The van der Waals surface area contributed by atoms with Crippen LogP contribution in [0.4, 0.5) is 0 Å². The van der Waals surface area contributed by atoms with Gasteiger partial charge in [0.15, 0.2) is 0 Å².